The van der Waals surface area contributed by atoms with E-state index in [1.165, 1.54) is 9.79 Å². The quantitative estimate of drug-likeness (QED) is 0.390. The molecule has 1 aliphatic carbocycles. The molecule has 1 fully saturated rings. The van der Waals surface area contributed by atoms with Crippen molar-refractivity contribution in [1.29, 1.82) is 0 Å². The van der Waals surface area contributed by atoms with Crippen LogP contribution in [0.3, 0.4) is 0 Å². The lowest BCUT2D eigenvalue weighted by molar-refractivity contribution is -0.113. The van der Waals surface area contributed by atoms with Crippen molar-refractivity contribution in [2.24, 2.45) is 0 Å². The van der Waals surface area contributed by atoms with Gasteiger partial charge in [0.1, 0.15) is 10.5 Å². The predicted octanol–water partition coefficient (Wildman–Crippen LogP) is 6.82. The number of benzene rings is 3. The van der Waals surface area contributed by atoms with Gasteiger partial charge in [0.2, 0.25) is 0 Å². The summed E-state index contributed by atoms with van der Waals surface area (Å²) in [7, 11) is 4.37. The largest absolute Gasteiger partial charge is 0.467 e. The van der Waals surface area contributed by atoms with Crippen LogP contribution in [0.5, 0.6) is 0 Å². The summed E-state index contributed by atoms with van der Waals surface area (Å²) in [6.45, 7) is 0. The van der Waals surface area contributed by atoms with E-state index >= 15 is 0 Å². The van der Waals surface area contributed by atoms with E-state index in [2.05, 4.69) is 122 Å². The summed E-state index contributed by atoms with van der Waals surface area (Å²) in [5.41, 5.74) is 4.23. The number of allylic oxidation sites excluding steroid dienone is 3. The molecule has 5 heteroatoms. The van der Waals surface area contributed by atoms with Crippen molar-refractivity contribution in [3.63, 3.8) is 0 Å². The van der Waals surface area contributed by atoms with Crippen LogP contribution in [0.25, 0.3) is 0 Å². The maximum atomic E-state index is 13.6. The molecule has 2 heterocycles. The van der Waals surface area contributed by atoms with Gasteiger partial charge in [0.25, 0.3) is 0 Å². The number of hydrogen-bond acceptors (Lipinski definition) is 4. The number of anilines is 3. The van der Waals surface area contributed by atoms with E-state index < -0.39 is 14.8 Å². The van der Waals surface area contributed by atoms with Crippen LogP contribution in [0.1, 0.15) is 6.42 Å². The van der Waals surface area contributed by atoms with E-state index in [4.69, 9.17) is 4.74 Å². The molecule has 0 amide bonds. The van der Waals surface area contributed by atoms with Gasteiger partial charge in [-0.25, -0.2) is 0 Å². The van der Waals surface area contributed by atoms with Crippen molar-refractivity contribution in [2.75, 3.05) is 36.7 Å². The molecule has 1 spiro atoms. The molecule has 1 saturated heterocycles. The first kappa shape index (κ1) is 22.7. The fraction of sp³-hybridized carbons (Fsp3) is 0.194. The third-order valence-corrected chi connectivity index (χ3v) is 12.3. The van der Waals surface area contributed by atoms with Gasteiger partial charge in [-0.15, -0.1) is 0 Å². The van der Waals surface area contributed by atoms with Gasteiger partial charge in [0, 0.05) is 44.0 Å². The van der Waals surface area contributed by atoms with Crippen LogP contribution in [0.15, 0.2) is 124 Å². The van der Waals surface area contributed by atoms with Crippen molar-refractivity contribution in [2.45, 2.75) is 21.0 Å². The Bertz CT molecular complexity index is 1410. The summed E-state index contributed by atoms with van der Waals surface area (Å²) in [5.74, 6) is 1.61. The second-order valence-corrected chi connectivity index (χ2v) is 13.1. The van der Waals surface area contributed by atoms with E-state index in [1.807, 2.05) is 6.07 Å². The molecule has 0 bridgehead atoms. The van der Waals surface area contributed by atoms with Gasteiger partial charge in [0.05, 0.1) is 11.8 Å². The molecule has 3 aromatic rings. The van der Waals surface area contributed by atoms with Crippen LogP contribution in [-0.2, 0) is 9.53 Å². The highest BCUT2D eigenvalue weighted by Crippen LogP contribution is 2.80. The average molecular weight is 495 g/mol. The number of hydrogen-bond donors (Lipinski definition) is 0. The SMILES string of the molecule is CN(C)c1ccc(S2(c3ccc(N(C)c4ccccc4)cc3)CC(=O)C3=COC4=CC=CCC432)cc1. The van der Waals surface area contributed by atoms with E-state index in [0.29, 0.717) is 5.75 Å². The zero-order chi connectivity index (χ0) is 24.9. The van der Waals surface area contributed by atoms with Crippen molar-refractivity contribution in [1.82, 2.24) is 0 Å². The van der Waals surface area contributed by atoms with Crippen molar-refractivity contribution in [3.05, 3.63) is 115 Å². The minimum Gasteiger partial charge on any atom is -0.467 e. The second-order valence-electron chi connectivity index (χ2n) is 9.72. The maximum absolute atomic E-state index is 13.6. The Kier molecular flexibility index (Phi) is 5.34. The minimum atomic E-state index is -1.82. The summed E-state index contributed by atoms with van der Waals surface area (Å²) >= 11 is 0. The second kappa shape index (κ2) is 8.45. The third-order valence-electron chi connectivity index (χ3n) is 7.69. The highest BCUT2D eigenvalue weighted by Gasteiger charge is 2.64. The molecule has 2 atom stereocenters. The third kappa shape index (κ3) is 3.12. The van der Waals surface area contributed by atoms with Crippen molar-refractivity contribution < 1.29 is 9.53 Å². The molecule has 4 nitrogen and oxygen atoms in total. The average Bonchev–Trinajstić information content (AvgIpc) is 3.43. The number of carbonyl (C=O) groups excluding carboxylic acids is 1. The van der Waals surface area contributed by atoms with Gasteiger partial charge in [0.15, 0.2) is 5.78 Å². The van der Waals surface area contributed by atoms with Gasteiger partial charge >= 0.3 is 0 Å². The van der Waals surface area contributed by atoms with Crippen LogP contribution in [0.4, 0.5) is 17.1 Å². The monoisotopic (exact) mass is 494 g/mol. The first-order chi connectivity index (χ1) is 17.5. The topological polar surface area (TPSA) is 32.8 Å². The van der Waals surface area contributed by atoms with E-state index in [9.17, 15) is 4.79 Å². The van der Waals surface area contributed by atoms with Crippen LogP contribution in [0.2, 0.25) is 0 Å². The number of nitrogens with zero attached hydrogens (tertiary/aromatic N) is 2. The zero-order valence-electron chi connectivity index (χ0n) is 20.8. The molecule has 2 aliphatic heterocycles. The molecule has 6 rings (SSSR count). The normalized spacial score (nSPS) is 25.7. The van der Waals surface area contributed by atoms with E-state index in [1.54, 1.807) is 6.26 Å². The standard InChI is InChI=1S/C31H30N2O2S/c1-32(2)23-12-16-26(17-13-23)36(22-29(34)28-21-35-30-11-7-8-20-31(28,30)36)27-18-14-25(15-19-27)33(3)24-9-5-4-6-10-24/h4-19,21H,20,22H2,1-3H3. The Morgan fingerprint density at radius 2 is 1.42 bits per heavy atom. The molecule has 0 radical (unpaired) electrons. The summed E-state index contributed by atoms with van der Waals surface area (Å²) in [6, 6.07) is 28.0. The molecule has 0 N–H and O–H groups in total. The predicted molar refractivity (Wildman–Crippen MR) is 149 cm³/mol. The first-order valence-electron chi connectivity index (χ1n) is 12.2. The summed E-state index contributed by atoms with van der Waals surface area (Å²) in [5, 5.41) is 0. The van der Waals surface area contributed by atoms with Crippen LogP contribution in [-0.4, -0.2) is 37.4 Å². The van der Waals surface area contributed by atoms with E-state index in [0.717, 1.165) is 34.8 Å². The zero-order valence-corrected chi connectivity index (χ0v) is 21.7. The Balaban J connectivity index is 1.53. The lowest BCUT2D eigenvalue weighted by Crippen LogP contribution is -2.35. The highest BCUT2D eigenvalue weighted by atomic mass is 32.3. The van der Waals surface area contributed by atoms with Crippen LogP contribution < -0.4 is 9.80 Å². The Hall–Kier alpha value is -3.70. The Morgan fingerprint density at radius 1 is 0.806 bits per heavy atom. The number of carbonyl (C=O) groups is 1. The molecule has 3 aromatic carbocycles. The number of Topliss-reactive ketones (excluding diaryl/α,β-unsaturated/α-hetero) is 1. The smallest absolute Gasteiger partial charge is 0.172 e. The maximum Gasteiger partial charge on any atom is 0.172 e. The molecular weight excluding hydrogens is 464 g/mol. The first-order valence-corrected chi connectivity index (χ1v) is 14.0. The molecule has 0 aromatic heterocycles. The van der Waals surface area contributed by atoms with Gasteiger partial charge in [-0.3, -0.25) is 4.79 Å². The fourth-order valence-electron chi connectivity index (χ4n) is 5.79. The Labute approximate surface area is 214 Å². The summed E-state index contributed by atoms with van der Waals surface area (Å²) in [4.78, 5) is 20.3. The number of para-hydroxylation sites is 1. The summed E-state index contributed by atoms with van der Waals surface area (Å²) in [6.07, 6.45) is 8.79. The lowest BCUT2D eigenvalue weighted by Gasteiger charge is -2.50. The van der Waals surface area contributed by atoms with Gasteiger partial charge in [-0.2, -0.15) is 10.0 Å². The van der Waals surface area contributed by atoms with Gasteiger partial charge < -0.3 is 14.5 Å². The van der Waals surface area contributed by atoms with Crippen LogP contribution >= 0.6 is 10.0 Å². The van der Waals surface area contributed by atoms with Crippen molar-refractivity contribution >= 4 is 32.9 Å². The molecule has 36 heavy (non-hydrogen) atoms. The molecule has 0 saturated carbocycles. The highest BCUT2D eigenvalue weighted by molar-refractivity contribution is 8.36. The molecule has 3 aliphatic rings. The number of ether oxygens (including phenoxy) is 1. The summed E-state index contributed by atoms with van der Waals surface area (Å²) < 4.78 is 5.64. The van der Waals surface area contributed by atoms with E-state index in [-0.39, 0.29) is 5.78 Å². The minimum absolute atomic E-state index is 0.200. The van der Waals surface area contributed by atoms with Crippen molar-refractivity contribution in [3.8, 4) is 0 Å². The lowest BCUT2D eigenvalue weighted by atomic mass is 9.90. The fourth-order valence-corrected chi connectivity index (χ4v) is 10.6. The van der Waals surface area contributed by atoms with Crippen LogP contribution in [0, 0.1) is 0 Å². The number of rotatable bonds is 5. The molecule has 182 valence electrons. The van der Waals surface area contributed by atoms with Gasteiger partial charge in [-0.1, -0.05) is 30.4 Å². The molecule has 2 unspecified atom stereocenters. The Morgan fingerprint density at radius 3 is 2.06 bits per heavy atom. The van der Waals surface area contributed by atoms with Gasteiger partial charge in [-0.05, 0) is 83.0 Å². The number of ketones is 1. The molecular formula is C31H30N2O2S.